The standard InChI is InChI=1S/C6H10N2O3S/c1-4(2)5-3-6(11-8-5)12(7,9)10/h3-4H,1-2H3,(H2,7,9,10). The van der Waals surface area contributed by atoms with Crippen LogP contribution in [0.2, 0.25) is 0 Å². The van der Waals surface area contributed by atoms with Gasteiger partial charge in [0, 0.05) is 6.07 Å². The number of nitrogens with two attached hydrogens (primary N) is 1. The second kappa shape index (κ2) is 2.87. The fourth-order valence-corrected chi connectivity index (χ4v) is 1.10. The van der Waals surface area contributed by atoms with Gasteiger partial charge in [-0.05, 0) is 5.92 Å². The molecule has 0 aliphatic rings. The molecule has 1 aromatic rings. The van der Waals surface area contributed by atoms with Gasteiger partial charge in [-0.1, -0.05) is 19.0 Å². The molecule has 0 aliphatic carbocycles. The fraction of sp³-hybridized carbons (Fsp3) is 0.500. The fourth-order valence-electron chi connectivity index (χ4n) is 0.677. The molecular formula is C6H10N2O3S. The summed E-state index contributed by atoms with van der Waals surface area (Å²) in [5, 5.41) is 8.07. The summed E-state index contributed by atoms with van der Waals surface area (Å²) >= 11 is 0. The van der Waals surface area contributed by atoms with E-state index in [4.69, 9.17) is 5.14 Å². The summed E-state index contributed by atoms with van der Waals surface area (Å²) in [5.41, 5.74) is 0.582. The van der Waals surface area contributed by atoms with Crippen LogP contribution < -0.4 is 5.14 Å². The molecule has 0 amide bonds. The lowest BCUT2D eigenvalue weighted by Crippen LogP contribution is -2.10. The molecular weight excluding hydrogens is 180 g/mol. The van der Waals surface area contributed by atoms with Gasteiger partial charge in [-0.3, -0.25) is 0 Å². The van der Waals surface area contributed by atoms with Crippen molar-refractivity contribution in [3.8, 4) is 0 Å². The van der Waals surface area contributed by atoms with E-state index in [0.29, 0.717) is 5.69 Å². The zero-order valence-corrected chi connectivity index (χ0v) is 7.63. The first-order valence-electron chi connectivity index (χ1n) is 3.40. The van der Waals surface area contributed by atoms with E-state index in [-0.39, 0.29) is 11.0 Å². The quantitative estimate of drug-likeness (QED) is 0.733. The maximum absolute atomic E-state index is 10.7. The van der Waals surface area contributed by atoms with Crippen molar-refractivity contribution in [2.45, 2.75) is 24.9 Å². The van der Waals surface area contributed by atoms with Gasteiger partial charge in [0.2, 0.25) is 0 Å². The van der Waals surface area contributed by atoms with Crippen molar-refractivity contribution >= 4 is 10.0 Å². The van der Waals surface area contributed by atoms with Crippen molar-refractivity contribution in [1.82, 2.24) is 5.16 Å². The van der Waals surface area contributed by atoms with Crippen molar-refractivity contribution in [3.05, 3.63) is 11.8 Å². The smallest absolute Gasteiger partial charge is 0.274 e. The van der Waals surface area contributed by atoms with E-state index >= 15 is 0 Å². The number of nitrogens with zero attached hydrogens (tertiary/aromatic N) is 1. The van der Waals surface area contributed by atoms with Crippen LogP contribution in [0.3, 0.4) is 0 Å². The van der Waals surface area contributed by atoms with E-state index in [1.165, 1.54) is 6.07 Å². The Hall–Kier alpha value is -0.880. The Kier molecular flexibility index (Phi) is 2.20. The molecule has 5 nitrogen and oxygen atoms in total. The number of primary sulfonamides is 1. The molecule has 0 unspecified atom stereocenters. The van der Waals surface area contributed by atoms with Gasteiger partial charge in [-0.2, -0.15) is 0 Å². The molecule has 1 aromatic heterocycles. The van der Waals surface area contributed by atoms with Crippen LogP contribution >= 0.6 is 0 Å². The van der Waals surface area contributed by atoms with Crippen molar-refractivity contribution in [2.75, 3.05) is 0 Å². The van der Waals surface area contributed by atoms with Gasteiger partial charge in [0.05, 0.1) is 5.69 Å². The van der Waals surface area contributed by atoms with E-state index < -0.39 is 10.0 Å². The maximum atomic E-state index is 10.7. The molecule has 1 heterocycles. The molecule has 6 heteroatoms. The van der Waals surface area contributed by atoms with Crippen LogP contribution in [0.25, 0.3) is 0 Å². The Morgan fingerprint density at radius 1 is 1.58 bits per heavy atom. The largest absolute Gasteiger partial charge is 0.343 e. The average Bonchev–Trinajstić information content (AvgIpc) is 2.30. The van der Waals surface area contributed by atoms with Gasteiger partial charge >= 0.3 is 0 Å². The van der Waals surface area contributed by atoms with Crippen molar-refractivity contribution in [3.63, 3.8) is 0 Å². The molecule has 68 valence electrons. The van der Waals surface area contributed by atoms with Crippen LogP contribution in [-0.2, 0) is 10.0 Å². The summed E-state index contributed by atoms with van der Waals surface area (Å²) in [6.07, 6.45) is 0. The zero-order valence-electron chi connectivity index (χ0n) is 6.81. The summed E-state index contributed by atoms with van der Waals surface area (Å²) in [4.78, 5) is 0. The summed E-state index contributed by atoms with van der Waals surface area (Å²) in [5.74, 6) is 0.129. The van der Waals surface area contributed by atoms with Crippen LogP contribution in [0, 0.1) is 0 Å². The van der Waals surface area contributed by atoms with Gasteiger partial charge in [-0.25, -0.2) is 13.6 Å². The van der Waals surface area contributed by atoms with E-state index in [0.717, 1.165) is 0 Å². The number of hydrogen-bond acceptors (Lipinski definition) is 4. The molecule has 0 aliphatic heterocycles. The summed E-state index contributed by atoms with van der Waals surface area (Å²) in [6.45, 7) is 3.76. The van der Waals surface area contributed by atoms with Crippen LogP contribution in [-0.4, -0.2) is 13.6 Å². The second-order valence-corrected chi connectivity index (χ2v) is 4.26. The van der Waals surface area contributed by atoms with E-state index in [1.807, 2.05) is 13.8 Å². The Labute approximate surface area is 70.6 Å². The monoisotopic (exact) mass is 190 g/mol. The van der Waals surface area contributed by atoms with E-state index in [9.17, 15) is 8.42 Å². The highest BCUT2D eigenvalue weighted by Gasteiger charge is 2.16. The molecule has 0 aromatic carbocycles. The molecule has 2 N–H and O–H groups in total. The molecule has 0 saturated heterocycles. The van der Waals surface area contributed by atoms with Crippen molar-refractivity contribution in [2.24, 2.45) is 5.14 Å². The maximum Gasteiger partial charge on any atom is 0.274 e. The number of sulfonamides is 1. The van der Waals surface area contributed by atoms with E-state index in [2.05, 4.69) is 9.68 Å². The van der Waals surface area contributed by atoms with Crippen LogP contribution in [0.1, 0.15) is 25.5 Å². The van der Waals surface area contributed by atoms with Crippen molar-refractivity contribution < 1.29 is 12.9 Å². The van der Waals surface area contributed by atoms with Gasteiger partial charge in [-0.15, -0.1) is 0 Å². The first-order valence-corrected chi connectivity index (χ1v) is 4.95. The topological polar surface area (TPSA) is 86.2 Å². The minimum atomic E-state index is -3.74. The highest BCUT2D eigenvalue weighted by molar-refractivity contribution is 7.89. The number of hydrogen-bond donors (Lipinski definition) is 1. The second-order valence-electron chi connectivity index (χ2n) is 2.77. The summed E-state index contributed by atoms with van der Waals surface area (Å²) < 4.78 is 26.0. The van der Waals surface area contributed by atoms with Gasteiger partial charge in [0.1, 0.15) is 0 Å². The third-order valence-corrected chi connectivity index (χ3v) is 2.13. The first kappa shape index (κ1) is 9.21. The minimum Gasteiger partial charge on any atom is -0.343 e. The normalized spacial score (nSPS) is 12.3. The minimum absolute atomic E-state index is 0.129. The average molecular weight is 190 g/mol. The SMILES string of the molecule is CC(C)c1cc(S(N)(=O)=O)on1. The highest BCUT2D eigenvalue weighted by Crippen LogP contribution is 2.15. The van der Waals surface area contributed by atoms with Crippen LogP contribution in [0.4, 0.5) is 0 Å². The van der Waals surface area contributed by atoms with Crippen molar-refractivity contribution in [1.29, 1.82) is 0 Å². The number of rotatable bonds is 2. The predicted molar refractivity (Wildman–Crippen MR) is 42.0 cm³/mol. The first-order chi connectivity index (χ1) is 5.41. The predicted octanol–water partition coefficient (Wildman–Crippen LogP) is 0.445. The van der Waals surface area contributed by atoms with Crippen LogP contribution in [0.5, 0.6) is 0 Å². The third kappa shape index (κ3) is 1.83. The molecule has 0 spiro atoms. The molecule has 0 bridgehead atoms. The zero-order chi connectivity index (χ0) is 9.35. The van der Waals surface area contributed by atoms with Gasteiger partial charge < -0.3 is 4.52 Å². The Bertz CT molecular complexity index is 366. The Balaban J connectivity index is 3.09. The number of aromatic nitrogens is 1. The van der Waals surface area contributed by atoms with Crippen LogP contribution in [0.15, 0.2) is 15.7 Å². The lowest BCUT2D eigenvalue weighted by atomic mass is 10.1. The van der Waals surface area contributed by atoms with E-state index in [1.54, 1.807) is 0 Å². The molecule has 1 rings (SSSR count). The lowest BCUT2D eigenvalue weighted by molar-refractivity contribution is 0.333. The molecule has 0 atom stereocenters. The Morgan fingerprint density at radius 3 is 2.42 bits per heavy atom. The summed E-state index contributed by atoms with van der Waals surface area (Å²) in [7, 11) is -3.74. The molecule has 0 saturated carbocycles. The van der Waals surface area contributed by atoms with Gasteiger partial charge in [0.15, 0.2) is 0 Å². The van der Waals surface area contributed by atoms with Gasteiger partial charge in [0.25, 0.3) is 15.1 Å². The Morgan fingerprint density at radius 2 is 2.17 bits per heavy atom. The highest BCUT2D eigenvalue weighted by atomic mass is 32.2. The summed E-state index contributed by atoms with van der Waals surface area (Å²) in [6, 6.07) is 1.33. The third-order valence-electron chi connectivity index (χ3n) is 1.38. The molecule has 0 fully saturated rings. The molecule has 12 heavy (non-hydrogen) atoms. The lowest BCUT2D eigenvalue weighted by Gasteiger charge is -1.92. The molecule has 0 radical (unpaired) electrons.